The van der Waals surface area contributed by atoms with Gasteiger partial charge in [0, 0.05) is 13.1 Å². The Morgan fingerprint density at radius 1 is 1.33 bits per heavy atom. The van der Waals surface area contributed by atoms with E-state index in [1.807, 2.05) is 19.2 Å². The van der Waals surface area contributed by atoms with Gasteiger partial charge in [-0.05, 0) is 68.2 Å². The van der Waals surface area contributed by atoms with Gasteiger partial charge in [-0.25, -0.2) is 0 Å². The van der Waals surface area contributed by atoms with Gasteiger partial charge in [0.2, 0.25) is 0 Å². The second-order valence-electron chi connectivity index (χ2n) is 8.60. The molecule has 5 heteroatoms. The number of amides is 1. The first-order chi connectivity index (χ1) is 13.0. The summed E-state index contributed by atoms with van der Waals surface area (Å²) in [4.78, 5) is 12.8. The van der Waals surface area contributed by atoms with E-state index < -0.39 is 0 Å². The van der Waals surface area contributed by atoms with Crippen molar-refractivity contribution in [3.8, 4) is 0 Å². The minimum absolute atomic E-state index is 0.0697. The van der Waals surface area contributed by atoms with Gasteiger partial charge < -0.3 is 15.7 Å². The van der Waals surface area contributed by atoms with Gasteiger partial charge in [0.05, 0.1) is 16.7 Å². The first-order valence-corrected chi connectivity index (χ1v) is 10.8. The fourth-order valence-electron chi connectivity index (χ4n) is 5.01. The molecule has 0 heterocycles. The van der Waals surface area contributed by atoms with E-state index in [1.54, 1.807) is 6.07 Å². The Morgan fingerprint density at radius 3 is 2.78 bits per heavy atom. The van der Waals surface area contributed by atoms with Crippen molar-refractivity contribution >= 4 is 17.5 Å². The van der Waals surface area contributed by atoms with E-state index in [0.717, 1.165) is 24.4 Å². The molecule has 2 saturated carbocycles. The summed E-state index contributed by atoms with van der Waals surface area (Å²) >= 11 is 6.31. The van der Waals surface area contributed by atoms with Gasteiger partial charge in [-0.15, -0.1) is 0 Å². The zero-order valence-electron chi connectivity index (χ0n) is 16.4. The molecule has 2 bridgehead atoms. The third kappa shape index (κ3) is 5.46. The number of hydrogen-bond donors (Lipinski definition) is 3. The average molecular weight is 393 g/mol. The number of carbonyl (C=O) groups excluding carboxylic acids is 1. The Bertz CT molecular complexity index is 639. The van der Waals surface area contributed by atoms with Crippen molar-refractivity contribution in [2.45, 2.75) is 63.9 Å². The molecule has 4 nitrogen and oxygen atoms in total. The molecule has 150 valence electrons. The summed E-state index contributed by atoms with van der Waals surface area (Å²) < 4.78 is 0. The van der Waals surface area contributed by atoms with Gasteiger partial charge in [0.15, 0.2) is 0 Å². The van der Waals surface area contributed by atoms with Crippen molar-refractivity contribution < 1.29 is 9.90 Å². The molecular weight excluding hydrogens is 360 g/mol. The van der Waals surface area contributed by atoms with Crippen molar-refractivity contribution in [1.82, 2.24) is 10.6 Å². The van der Waals surface area contributed by atoms with Crippen molar-refractivity contribution in [3.05, 3.63) is 34.3 Å². The third-order valence-electron chi connectivity index (χ3n) is 6.47. The minimum Gasteiger partial charge on any atom is -0.392 e. The fourth-order valence-corrected chi connectivity index (χ4v) is 5.21. The maximum Gasteiger partial charge on any atom is 0.252 e. The highest BCUT2D eigenvalue weighted by molar-refractivity contribution is 6.33. The molecule has 0 radical (unpaired) electrons. The second-order valence-corrected chi connectivity index (χ2v) is 9.01. The number of fused-ring (bicyclic) bond motifs is 2. The smallest absolute Gasteiger partial charge is 0.252 e. The molecular formula is C22H33ClN2O2. The van der Waals surface area contributed by atoms with Crippen molar-refractivity contribution in [2.24, 2.45) is 11.3 Å². The van der Waals surface area contributed by atoms with Crippen LogP contribution >= 0.6 is 11.6 Å². The number of aliphatic hydroxyl groups excluding tert-OH is 1. The molecule has 0 saturated heterocycles. The van der Waals surface area contributed by atoms with Crippen LogP contribution in [0.2, 0.25) is 5.02 Å². The number of halogens is 1. The zero-order valence-corrected chi connectivity index (χ0v) is 17.2. The van der Waals surface area contributed by atoms with Gasteiger partial charge in [0.25, 0.3) is 5.91 Å². The van der Waals surface area contributed by atoms with E-state index >= 15 is 0 Å². The number of nitrogens with one attached hydrogen (secondary N) is 2. The lowest BCUT2D eigenvalue weighted by Crippen LogP contribution is -2.43. The number of rotatable bonds is 8. The molecule has 1 atom stereocenters. The second kappa shape index (κ2) is 9.40. The molecule has 0 spiro atoms. The first kappa shape index (κ1) is 20.6. The van der Waals surface area contributed by atoms with Crippen LogP contribution in [-0.4, -0.2) is 37.3 Å². The van der Waals surface area contributed by atoms with Crippen molar-refractivity contribution in [1.29, 1.82) is 0 Å². The monoisotopic (exact) mass is 392 g/mol. The molecule has 27 heavy (non-hydrogen) atoms. The highest BCUT2D eigenvalue weighted by Gasteiger charge is 2.39. The predicted octanol–water partition coefficient (Wildman–Crippen LogP) is 3.94. The zero-order chi connectivity index (χ0) is 19.3. The molecule has 1 amide bonds. The quantitative estimate of drug-likeness (QED) is 0.627. The molecule has 1 aromatic rings. The van der Waals surface area contributed by atoms with Crippen LogP contribution in [0.5, 0.6) is 0 Å². The maximum absolute atomic E-state index is 12.8. The van der Waals surface area contributed by atoms with Crippen LogP contribution in [0, 0.1) is 11.3 Å². The summed E-state index contributed by atoms with van der Waals surface area (Å²) in [5.41, 5.74) is 1.89. The van der Waals surface area contributed by atoms with E-state index in [-0.39, 0.29) is 12.0 Å². The van der Waals surface area contributed by atoms with Crippen molar-refractivity contribution in [2.75, 3.05) is 20.1 Å². The molecule has 0 unspecified atom stereocenters. The van der Waals surface area contributed by atoms with E-state index in [4.69, 9.17) is 11.6 Å². The molecule has 0 aromatic heterocycles. The number of aryl methyl sites for hydroxylation is 1. The number of hydrogen-bond acceptors (Lipinski definition) is 3. The van der Waals surface area contributed by atoms with Gasteiger partial charge >= 0.3 is 0 Å². The van der Waals surface area contributed by atoms with E-state index in [1.165, 1.54) is 44.9 Å². The molecule has 0 aliphatic heterocycles. The van der Waals surface area contributed by atoms with Crippen LogP contribution in [0.4, 0.5) is 0 Å². The summed E-state index contributed by atoms with van der Waals surface area (Å²) in [6.45, 7) is 1.34. The number of likely N-dealkylation sites (N-methyl/N-ethyl adjacent to an activating group) is 1. The maximum atomic E-state index is 12.8. The normalized spacial score (nSPS) is 25.8. The molecule has 2 fully saturated rings. The Labute approximate surface area is 168 Å². The molecule has 3 rings (SSSR count). The Kier molecular flexibility index (Phi) is 7.18. The fraction of sp³-hybridized carbons (Fsp3) is 0.682. The van der Waals surface area contributed by atoms with Gasteiger partial charge in [-0.1, -0.05) is 43.4 Å². The lowest BCUT2D eigenvalue weighted by atomic mass is 9.62. The first-order valence-electron chi connectivity index (χ1n) is 10.4. The SMILES string of the molecule is CNC[C@H](O)CCc1ccc(Cl)c(C(=O)NCC23CCCC(CCC2)C3)c1. The predicted molar refractivity (Wildman–Crippen MR) is 110 cm³/mol. The Morgan fingerprint density at radius 2 is 2.07 bits per heavy atom. The molecule has 2 aliphatic carbocycles. The topological polar surface area (TPSA) is 61.4 Å². The van der Waals surface area contributed by atoms with E-state index in [0.29, 0.717) is 29.0 Å². The van der Waals surface area contributed by atoms with Gasteiger partial charge in [-0.3, -0.25) is 4.79 Å². The van der Waals surface area contributed by atoms with Crippen LogP contribution < -0.4 is 10.6 Å². The number of benzene rings is 1. The van der Waals surface area contributed by atoms with Gasteiger partial charge in [-0.2, -0.15) is 0 Å². The van der Waals surface area contributed by atoms with E-state index in [9.17, 15) is 9.90 Å². The average Bonchev–Trinajstić information content (AvgIpc) is 2.66. The summed E-state index contributed by atoms with van der Waals surface area (Å²) in [6, 6.07) is 5.62. The highest BCUT2D eigenvalue weighted by Crippen LogP contribution is 2.48. The summed E-state index contributed by atoms with van der Waals surface area (Å²) in [5, 5.41) is 16.5. The lowest BCUT2D eigenvalue weighted by molar-refractivity contribution is 0.0681. The van der Waals surface area contributed by atoms with Gasteiger partial charge in [0.1, 0.15) is 0 Å². The van der Waals surface area contributed by atoms with E-state index in [2.05, 4.69) is 10.6 Å². The summed E-state index contributed by atoms with van der Waals surface area (Å²) in [7, 11) is 1.83. The number of carbonyl (C=O) groups is 1. The molecule has 2 aliphatic rings. The van der Waals surface area contributed by atoms with Crippen LogP contribution in [0.15, 0.2) is 18.2 Å². The molecule has 1 aromatic carbocycles. The molecule has 3 N–H and O–H groups in total. The lowest BCUT2D eigenvalue weighted by Gasteiger charge is -2.45. The van der Waals surface area contributed by atoms with Crippen LogP contribution in [-0.2, 0) is 6.42 Å². The summed E-state index contributed by atoms with van der Waals surface area (Å²) in [6.07, 6.45) is 10.1. The summed E-state index contributed by atoms with van der Waals surface area (Å²) in [5.74, 6) is 0.792. The Balaban J connectivity index is 1.59. The largest absolute Gasteiger partial charge is 0.392 e. The number of aliphatic hydroxyl groups is 1. The van der Waals surface area contributed by atoms with Crippen LogP contribution in [0.25, 0.3) is 0 Å². The van der Waals surface area contributed by atoms with Crippen molar-refractivity contribution in [3.63, 3.8) is 0 Å². The highest BCUT2D eigenvalue weighted by atomic mass is 35.5. The van der Waals surface area contributed by atoms with Crippen LogP contribution in [0.1, 0.15) is 67.3 Å². The Hall–Kier alpha value is -1.10. The standard InChI is InChI=1S/C22H33ClN2O2/c1-24-14-18(26)8-6-16-7-9-20(23)19(12-16)21(27)25-15-22-10-2-4-17(13-22)5-3-11-22/h7,9,12,17-18,24,26H,2-6,8,10-11,13-15H2,1H3,(H,25,27)/t17?,18-,22?/m1/s1. The van der Waals surface area contributed by atoms with Crippen LogP contribution in [0.3, 0.4) is 0 Å². The third-order valence-corrected chi connectivity index (χ3v) is 6.80. The minimum atomic E-state index is -0.382.